The Morgan fingerprint density at radius 1 is 1.14 bits per heavy atom. The second kappa shape index (κ2) is 6.70. The van der Waals surface area contributed by atoms with Crippen LogP contribution in [0, 0.1) is 10.1 Å². The molecule has 0 fully saturated rings. The van der Waals surface area contributed by atoms with Gasteiger partial charge in [-0.05, 0) is 54.7 Å². The molecular formula is C22H18N4O3. The number of methoxy groups -OCH3 is 1. The summed E-state index contributed by atoms with van der Waals surface area (Å²) in [6.45, 7) is 0. The van der Waals surface area contributed by atoms with Crippen LogP contribution in [0.3, 0.4) is 0 Å². The molecule has 0 atom stereocenters. The van der Waals surface area contributed by atoms with E-state index in [4.69, 9.17) is 9.72 Å². The number of aryl methyl sites for hydroxylation is 1. The Balaban J connectivity index is 1.80. The molecule has 0 amide bonds. The normalized spacial score (nSPS) is 12.9. The van der Waals surface area contributed by atoms with E-state index in [9.17, 15) is 10.1 Å². The van der Waals surface area contributed by atoms with Crippen molar-refractivity contribution in [3.05, 3.63) is 76.2 Å². The molecule has 1 aliphatic rings. The monoisotopic (exact) mass is 386 g/mol. The lowest BCUT2D eigenvalue weighted by Crippen LogP contribution is -2.00. The van der Waals surface area contributed by atoms with E-state index in [1.54, 1.807) is 25.6 Å². The van der Waals surface area contributed by atoms with Crippen molar-refractivity contribution in [2.75, 3.05) is 7.11 Å². The second-order valence-electron chi connectivity index (χ2n) is 7.06. The second-order valence-corrected chi connectivity index (χ2v) is 7.06. The molecule has 5 rings (SSSR count). The van der Waals surface area contributed by atoms with Gasteiger partial charge in [-0.3, -0.25) is 14.7 Å². The number of nitro benzene ring substituents is 1. The van der Waals surface area contributed by atoms with Gasteiger partial charge in [0, 0.05) is 29.1 Å². The van der Waals surface area contributed by atoms with Crippen molar-refractivity contribution in [3.8, 4) is 22.6 Å². The van der Waals surface area contributed by atoms with Crippen LogP contribution >= 0.6 is 0 Å². The highest BCUT2D eigenvalue weighted by molar-refractivity contribution is 5.94. The number of benzene rings is 2. The Labute approximate surface area is 166 Å². The number of rotatable bonds is 4. The lowest BCUT2D eigenvalue weighted by Gasteiger charge is -2.13. The van der Waals surface area contributed by atoms with Crippen molar-refractivity contribution in [2.24, 2.45) is 0 Å². The fraction of sp³-hybridized carbons (Fsp3) is 0.182. The Hall–Kier alpha value is -3.74. The standard InChI is InChI=1S/C22H18N4O3/c1-29-17-10-8-15(9-11-17)25-13-23-22-21(25)20(18-6-3-7-19(18)24-22)14-4-2-5-16(12-14)26(27)28/h2,4-5,8-13H,3,6-7H2,1H3. The maximum absolute atomic E-state index is 11.3. The molecule has 1 aliphatic carbocycles. The minimum Gasteiger partial charge on any atom is -0.497 e. The summed E-state index contributed by atoms with van der Waals surface area (Å²) in [4.78, 5) is 20.3. The molecule has 2 heterocycles. The van der Waals surface area contributed by atoms with Crippen LogP contribution in [0.1, 0.15) is 17.7 Å². The van der Waals surface area contributed by atoms with Gasteiger partial charge >= 0.3 is 0 Å². The van der Waals surface area contributed by atoms with E-state index in [-0.39, 0.29) is 10.6 Å². The molecule has 0 radical (unpaired) electrons. The third kappa shape index (κ3) is 2.82. The molecule has 0 unspecified atom stereocenters. The quantitative estimate of drug-likeness (QED) is 0.381. The molecule has 144 valence electrons. The highest BCUT2D eigenvalue weighted by Gasteiger charge is 2.24. The maximum atomic E-state index is 11.3. The fourth-order valence-corrected chi connectivity index (χ4v) is 4.07. The van der Waals surface area contributed by atoms with E-state index in [1.165, 1.54) is 6.07 Å². The van der Waals surface area contributed by atoms with Gasteiger partial charge in [-0.15, -0.1) is 0 Å². The molecule has 2 aromatic heterocycles. The van der Waals surface area contributed by atoms with Crippen LogP contribution in [0.15, 0.2) is 54.9 Å². The van der Waals surface area contributed by atoms with Gasteiger partial charge in [0.2, 0.25) is 0 Å². The van der Waals surface area contributed by atoms with Crippen LogP contribution in [-0.2, 0) is 12.8 Å². The molecule has 0 bridgehead atoms. The molecule has 29 heavy (non-hydrogen) atoms. The first kappa shape index (κ1) is 17.4. The molecule has 0 aliphatic heterocycles. The maximum Gasteiger partial charge on any atom is 0.270 e. The Kier molecular flexibility index (Phi) is 4.01. The topological polar surface area (TPSA) is 83.1 Å². The zero-order valence-corrected chi connectivity index (χ0v) is 15.8. The molecule has 0 saturated carbocycles. The van der Waals surface area contributed by atoms with Gasteiger partial charge in [0.1, 0.15) is 17.6 Å². The zero-order chi connectivity index (χ0) is 20.0. The van der Waals surface area contributed by atoms with Gasteiger partial charge < -0.3 is 4.74 Å². The molecule has 0 spiro atoms. The summed E-state index contributed by atoms with van der Waals surface area (Å²) in [6, 6.07) is 14.5. The fourth-order valence-electron chi connectivity index (χ4n) is 4.07. The Morgan fingerprint density at radius 3 is 2.72 bits per heavy atom. The van der Waals surface area contributed by atoms with Crippen molar-refractivity contribution in [1.29, 1.82) is 0 Å². The minimum absolute atomic E-state index is 0.0784. The Morgan fingerprint density at radius 2 is 1.97 bits per heavy atom. The number of fused-ring (bicyclic) bond motifs is 2. The lowest BCUT2D eigenvalue weighted by molar-refractivity contribution is -0.384. The molecule has 7 nitrogen and oxygen atoms in total. The number of nitro groups is 1. The van der Waals surface area contributed by atoms with Gasteiger partial charge in [-0.1, -0.05) is 12.1 Å². The van der Waals surface area contributed by atoms with Crippen LogP contribution in [0.2, 0.25) is 0 Å². The van der Waals surface area contributed by atoms with Crippen molar-refractivity contribution in [2.45, 2.75) is 19.3 Å². The smallest absolute Gasteiger partial charge is 0.270 e. The van der Waals surface area contributed by atoms with E-state index >= 15 is 0 Å². The van der Waals surface area contributed by atoms with E-state index in [0.29, 0.717) is 5.65 Å². The number of hydrogen-bond donors (Lipinski definition) is 0. The SMILES string of the molecule is COc1ccc(-n2cnc3nc4c(c(-c5cccc([N+](=O)[O-])c5)c32)CCC4)cc1. The number of hydrogen-bond acceptors (Lipinski definition) is 5. The highest BCUT2D eigenvalue weighted by atomic mass is 16.6. The first-order valence-corrected chi connectivity index (χ1v) is 9.44. The molecule has 0 N–H and O–H groups in total. The van der Waals surface area contributed by atoms with Gasteiger partial charge in [-0.25, -0.2) is 9.97 Å². The summed E-state index contributed by atoms with van der Waals surface area (Å²) in [6.07, 6.45) is 4.60. The van der Waals surface area contributed by atoms with Crippen LogP contribution in [0.25, 0.3) is 28.0 Å². The summed E-state index contributed by atoms with van der Waals surface area (Å²) in [7, 11) is 1.63. The Bertz CT molecular complexity index is 1250. The third-order valence-electron chi connectivity index (χ3n) is 5.41. The molecular weight excluding hydrogens is 368 g/mol. The molecule has 4 aromatic rings. The lowest BCUT2D eigenvalue weighted by atomic mass is 9.98. The zero-order valence-electron chi connectivity index (χ0n) is 15.8. The van der Waals surface area contributed by atoms with Crippen LogP contribution in [0.4, 0.5) is 5.69 Å². The summed E-state index contributed by atoms with van der Waals surface area (Å²) in [5.41, 5.74) is 6.54. The predicted octanol–water partition coefficient (Wildman–Crippen LogP) is 4.49. The summed E-state index contributed by atoms with van der Waals surface area (Å²) in [5.74, 6) is 0.774. The van der Waals surface area contributed by atoms with Crippen LogP contribution in [-0.4, -0.2) is 26.6 Å². The predicted molar refractivity (Wildman–Crippen MR) is 110 cm³/mol. The number of imidazole rings is 1. The number of pyridine rings is 1. The number of non-ortho nitro benzene ring substituents is 1. The van der Waals surface area contributed by atoms with Crippen LogP contribution in [0.5, 0.6) is 5.75 Å². The van der Waals surface area contributed by atoms with E-state index in [2.05, 4.69) is 4.98 Å². The van der Waals surface area contributed by atoms with E-state index in [0.717, 1.165) is 58.6 Å². The first-order valence-electron chi connectivity index (χ1n) is 9.44. The number of aromatic nitrogens is 3. The van der Waals surface area contributed by atoms with Crippen LogP contribution < -0.4 is 4.74 Å². The summed E-state index contributed by atoms with van der Waals surface area (Å²) >= 11 is 0. The first-order chi connectivity index (χ1) is 14.2. The van der Waals surface area contributed by atoms with E-state index < -0.39 is 0 Å². The van der Waals surface area contributed by atoms with Gasteiger partial charge in [0.25, 0.3) is 5.69 Å². The number of ether oxygens (including phenoxy) is 1. The average molecular weight is 386 g/mol. The van der Waals surface area contributed by atoms with E-state index in [1.807, 2.05) is 34.9 Å². The molecule has 2 aromatic carbocycles. The van der Waals surface area contributed by atoms with Gasteiger partial charge in [-0.2, -0.15) is 0 Å². The number of nitrogens with zero attached hydrogens (tertiary/aromatic N) is 4. The van der Waals surface area contributed by atoms with Crippen molar-refractivity contribution in [3.63, 3.8) is 0 Å². The summed E-state index contributed by atoms with van der Waals surface area (Å²) < 4.78 is 7.26. The van der Waals surface area contributed by atoms with Crippen molar-refractivity contribution in [1.82, 2.24) is 14.5 Å². The largest absolute Gasteiger partial charge is 0.497 e. The van der Waals surface area contributed by atoms with Gasteiger partial charge in [0.15, 0.2) is 5.65 Å². The third-order valence-corrected chi connectivity index (χ3v) is 5.41. The molecule has 0 saturated heterocycles. The van der Waals surface area contributed by atoms with Crippen molar-refractivity contribution < 1.29 is 9.66 Å². The molecule has 7 heteroatoms. The average Bonchev–Trinajstić information content (AvgIpc) is 3.39. The minimum atomic E-state index is -0.358. The van der Waals surface area contributed by atoms with Crippen molar-refractivity contribution >= 4 is 16.9 Å². The highest BCUT2D eigenvalue weighted by Crippen LogP contribution is 2.38. The summed E-state index contributed by atoms with van der Waals surface area (Å²) in [5, 5.41) is 11.3. The van der Waals surface area contributed by atoms with Gasteiger partial charge in [0.05, 0.1) is 12.0 Å².